The van der Waals surface area contributed by atoms with Gasteiger partial charge in [-0.1, -0.05) is 42.8 Å². The van der Waals surface area contributed by atoms with Crippen LogP contribution in [0.4, 0.5) is 13.2 Å². The predicted octanol–water partition coefficient (Wildman–Crippen LogP) is 5.22. The lowest BCUT2D eigenvalue weighted by molar-refractivity contribution is -0.0645. The topological polar surface area (TPSA) is 96.2 Å². The fourth-order valence-electron chi connectivity index (χ4n) is 3.05. The molecule has 31 heavy (non-hydrogen) atoms. The standard InChI is InChI=1S/C22H22F3NO5/c1-3-5-19(22(23,24)25)26-31-12-18-13(2)6-4-7-14(18)10-15-8-9-16(20(27)28)11-17(15)21(29)30/h4,6-9,11H,3,5,10,12H2,1-2H3,(H,27,28)(H,29,30). The van der Waals surface area contributed by atoms with Crippen LogP contribution in [0.3, 0.4) is 0 Å². The number of alkyl halides is 3. The predicted molar refractivity (Wildman–Crippen MR) is 108 cm³/mol. The fraction of sp³-hybridized carbons (Fsp3) is 0.318. The molecule has 0 unspecified atom stereocenters. The molecule has 0 bridgehead atoms. The van der Waals surface area contributed by atoms with Gasteiger partial charge in [0.1, 0.15) is 6.61 Å². The van der Waals surface area contributed by atoms with E-state index in [1.807, 2.05) is 0 Å². The first-order valence-corrected chi connectivity index (χ1v) is 9.47. The van der Waals surface area contributed by atoms with E-state index in [2.05, 4.69) is 5.16 Å². The molecule has 0 spiro atoms. The molecule has 0 aliphatic heterocycles. The van der Waals surface area contributed by atoms with Crippen LogP contribution in [0.15, 0.2) is 41.6 Å². The molecule has 0 fully saturated rings. The fourth-order valence-corrected chi connectivity index (χ4v) is 3.05. The van der Waals surface area contributed by atoms with Gasteiger partial charge in [-0.15, -0.1) is 0 Å². The number of oxime groups is 1. The first kappa shape index (κ1) is 23.9. The number of benzene rings is 2. The number of nitrogens with zero attached hydrogens (tertiary/aromatic N) is 1. The van der Waals surface area contributed by atoms with Gasteiger partial charge in [0, 0.05) is 0 Å². The highest BCUT2D eigenvalue weighted by atomic mass is 19.4. The molecule has 0 aromatic heterocycles. The third kappa shape index (κ3) is 6.31. The number of aromatic carboxylic acids is 2. The third-order valence-electron chi connectivity index (χ3n) is 4.67. The number of carboxylic acids is 2. The Morgan fingerprint density at radius 1 is 1.06 bits per heavy atom. The number of hydrogen-bond donors (Lipinski definition) is 2. The van der Waals surface area contributed by atoms with Crippen LogP contribution in [0.5, 0.6) is 0 Å². The van der Waals surface area contributed by atoms with Gasteiger partial charge in [-0.2, -0.15) is 13.2 Å². The average Bonchev–Trinajstić information content (AvgIpc) is 2.68. The van der Waals surface area contributed by atoms with E-state index < -0.39 is 23.8 Å². The van der Waals surface area contributed by atoms with Gasteiger partial charge in [0.25, 0.3) is 0 Å². The Bertz CT molecular complexity index is 999. The summed E-state index contributed by atoms with van der Waals surface area (Å²) in [5, 5.41) is 21.8. The summed E-state index contributed by atoms with van der Waals surface area (Å²) in [6, 6.07) is 9.01. The Morgan fingerprint density at radius 2 is 1.77 bits per heavy atom. The van der Waals surface area contributed by atoms with Gasteiger partial charge in [-0.3, -0.25) is 0 Å². The molecule has 2 rings (SSSR count). The SMILES string of the molecule is CCCC(=NOCc1c(C)cccc1Cc1ccc(C(=O)O)cc1C(=O)O)C(F)(F)F. The molecule has 0 aliphatic carbocycles. The summed E-state index contributed by atoms with van der Waals surface area (Å²) in [6.45, 7) is 3.14. The molecule has 0 aliphatic rings. The Balaban J connectivity index is 2.34. The zero-order valence-corrected chi connectivity index (χ0v) is 17.0. The van der Waals surface area contributed by atoms with E-state index in [1.54, 1.807) is 32.0 Å². The van der Waals surface area contributed by atoms with Crippen molar-refractivity contribution in [1.29, 1.82) is 0 Å². The summed E-state index contributed by atoms with van der Waals surface area (Å²) in [5.74, 6) is -2.52. The van der Waals surface area contributed by atoms with E-state index in [-0.39, 0.29) is 37.0 Å². The van der Waals surface area contributed by atoms with Crippen LogP contribution in [0.1, 0.15) is 62.7 Å². The van der Waals surface area contributed by atoms with Gasteiger partial charge < -0.3 is 15.1 Å². The molecule has 0 saturated carbocycles. The van der Waals surface area contributed by atoms with Crippen LogP contribution in [-0.2, 0) is 17.9 Å². The third-order valence-corrected chi connectivity index (χ3v) is 4.67. The lowest BCUT2D eigenvalue weighted by Gasteiger charge is -2.14. The number of hydrogen-bond acceptors (Lipinski definition) is 4. The second-order valence-corrected chi connectivity index (χ2v) is 6.93. The molecule has 2 N–H and O–H groups in total. The van der Waals surface area contributed by atoms with Crippen LogP contribution < -0.4 is 0 Å². The van der Waals surface area contributed by atoms with E-state index in [4.69, 9.17) is 9.94 Å². The molecule has 0 heterocycles. The summed E-state index contributed by atoms with van der Waals surface area (Å²) in [7, 11) is 0. The van der Waals surface area contributed by atoms with E-state index in [0.717, 1.165) is 11.6 Å². The molecule has 6 nitrogen and oxygen atoms in total. The minimum atomic E-state index is -4.58. The Labute approximate surface area is 177 Å². The molecular weight excluding hydrogens is 415 g/mol. The van der Waals surface area contributed by atoms with E-state index in [0.29, 0.717) is 16.7 Å². The highest BCUT2D eigenvalue weighted by Crippen LogP contribution is 2.24. The number of carboxylic acid groups (broad SMARTS) is 2. The first-order valence-electron chi connectivity index (χ1n) is 9.47. The largest absolute Gasteiger partial charge is 0.478 e. The van der Waals surface area contributed by atoms with Crippen LogP contribution in [-0.4, -0.2) is 34.0 Å². The van der Waals surface area contributed by atoms with E-state index in [9.17, 15) is 27.9 Å². The van der Waals surface area contributed by atoms with E-state index >= 15 is 0 Å². The molecular formula is C22H22F3NO5. The maximum atomic E-state index is 13.0. The Hall–Kier alpha value is -3.36. The smallest absolute Gasteiger partial charge is 0.432 e. The molecule has 0 saturated heterocycles. The summed E-state index contributed by atoms with van der Waals surface area (Å²) in [5.41, 5.74) is 1.04. The summed E-state index contributed by atoms with van der Waals surface area (Å²) in [6.07, 6.45) is -4.44. The van der Waals surface area contributed by atoms with Crippen LogP contribution in [0, 0.1) is 6.92 Å². The summed E-state index contributed by atoms with van der Waals surface area (Å²) in [4.78, 5) is 27.8. The van der Waals surface area contributed by atoms with Gasteiger partial charge in [0.05, 0.1) is 11.1 Å². The zero-order valence-electron chi connectivity index (χ0n) is 17.0. The maximum absolute atomic E-state index is 13.0. The molecule has 9 heteroatoms. The van der Waals surface area contributed by atoms with Crippen LogP contribution in [0.25, 0.3) is 0 Å². The maximum Gasteiger partial charge on any atom is 0.432 e. The van der Waals surface area contributed by atoms with Crippen molar-refractivity contribution in [1.82, 2.24) is 0 Å². The lowest BCUT2D eigenvalue weighted by atomic mass is 9.93. The van der Waals surface area contributed by atoms with Crippen molar-refractivity contribution in [2.24, 2.45) is 5.16 Å². The quantitative estimate of drug-likeness (QED) is 0.414. The van der Waals surface area contributed by atoms with Crippen molar-refractivity contribution in [2.75, 3.05) is 0 Å². The highest BCUT2D eigenvalue weighted by Gasteiger charge is 2.35. The second kappa shape index (κ2) is 10.1. The number of aryl methyl sites for hydroxylation is 1. The minimum absolute atomic E-state index is 0.132. The second-order valence-electron chi connectivity index (χ2n) is 6.93. The van der Waals surface area contributed by atoms with Gasteiger partial charge >= 0.3 is 18.1 Å². The highest BCUT2D eigenvalue weighted by molar-refractivity contribution is 5.95. The molecule has 2 aromatic rings. The minimum Gasteiger partial charge on any atom is -0.478 e. The van der Waals surface area contributed by atoms with Crippen molar-refractivity contribution in [3.63, 3.8) is 0 Å². The van der Waals surface area contributed by atoms with Gasteiger partial charge in [0.15, 0.2) is 5.71 Å². The van der Waals surface area contributed by atoms with Crippen molar-refractivity contribution in [3.8, 4) is 0 Å². The molecule has 2 aromatic carbocycles. The summed E-state index contributed by atoms with van der Waals surface area (Å²) < 4.78 is 38.9. The zero-order chi connectivity index (χ0) is 23.2. The van der Waals surface area contributed by atoms with Crippen molar-refractivity contribution >= 4 is 17.7 Å². The molecule has 0 amide bonds. The Kier molecular flexibility index (Phi) is 7.79. The number of halogens is 3. The monoisotopic (exact) mass is 437 g/mol. The van der Waals surface area contributed by atoms with Gasteiger partial charge in [-0.25, -0.2) is 9.59 Å². The van der Waals surface area contributed by atoms with Gasteiger partial charge in [-0.05, 0) is 54.2 Å². The lowest BCUT2D eigenvalue weighted by Crippen LogP contribution is -2.23. The number of carbonyl (C=O) groups is 2. The normalized spacial score (nSPS) is 12.0. The van der Waals surface area contributed by atoms with E-state index in [1.165, 1.54) is 12.1 Å². The van der Waals surface area contributed by atoms with Crippen molar-refractivity contribution in [3.05, 3.63) is 69.8 Å². The van der Waals surface area contributed by atoms with Crippen LogP contribution >= 0.6 is 0 Å². The average molecular weight is 437 g/mol. The Morgan fingerprint density at radius 3 is 2.35 bits per heavy atom. The van der Waals surface area contributed by atoms with Crippen LogP contribution in [0.2, 0.25) is 0 Å². The molecule has 166 valence electrons. The van der Waals surface area contributed by atoms with Gasteiger partial charge in [0.2, 0.25) is 0 Å². The van der Waals surface area contributed by atoms with Crippen molar-refractivity contribution in [2.45, 2.75) is 45.9 Å². The summed E-state index contributed by atoms with van der Waals surface area (Å²) >= 11 is 0. The first-order chi connectivity index (χ1) is 14.5. The van der Waals surface area contributed by atoms with Crippen molar-refractivity contribution < 1.29 is 37.8 Å². The molecule has 0 atom stereocenters. The molecule has 0 radical (unpaired) electrons. The number of rotatable bonds is 9.